The van der Waals surface area contributed by atoms with Gasteiger partial charge in [0.15, 0.2) is 6.61 Å². The van der Waals surface area contributed by atoms with Gasteiger partial charge >= 0.3 is 0 Å². The SMILES string of the molecule is O=C(COc1ccc2c(c1)CCCC2)NCCSCc1ccco1. The van der Waals surface area contributed by atoms with Crippen molar-refractivity contribution in [3.05, 3.63) is 53.5 Å². The molecule has 0 bridgehead atoms. The number of rotatable bonds is 8. The Kier molecular flexibility index (Phi) is 6.24. The van der Waals surface area contributed by atoms with Crippen molar-refractivity contribution in [2.75, 3.05) is 18.9 Å². The minimum atomic E-state index is -0.0775. The molecule has 1 N–H and O–H groups in total. The third-order valence-corrected chi connectivity index (χ3v) is 5.06. The molecule has 1 amide bonds. The largest absolute Gasteiger partial charge is 0.484 e. The Labute approximate surface area is 147 Å². The first-order valence-corrected chi connectivity index (χ1v) is 9.58. The Bertz CT molecular complexity index is 655. The van der Waals surface area contributed by atoms with E-state index in [2.05, 4.69) is 17.4 Å². The summed E-state index contributed by atoms with van der Waals surface area (Å²) in [6.45, 7) is 0.708. The number of hydrogen-bond acceptors (Lipinski definition) is 4. The van der Waals surface area contributed by atoms with Gasteiger partial charge in [-0.2, -0.15) is 11.8 Å². The van der Waals surface area contributed by atoms with E-state index in [9.17, 15) is 4.79 Å². The van der Waals surface area contributed by atoms with E-state index < -0.39 is 0 Å². The Hall–Kier alpha value is -1.88. The minimum absolute atomic E-state index is 0.0711. The van der Waals surface area contributed by atoms with E-state index in [0.717, 1.165) is 35.9 Å². The molecule has 0 saturated heterocycles. The lowest BCUT2D eigenvalue weighted by atomic mass is 9.92. The molecule has 1 aliphatic carbocycles. The third-order valence-electron chi connectivity index (χ3n) is 4.08. The van der Waals surface area contributed by atoms with Crippen LogP contribution in [-0.2, 0) is 23.4 Å². The number of carbonyl (C=O) groups excluding carboxylic acids is 1. The molecule has 3 rings (SSSR count). The van der Waals surface area contributed by atoms with Crippen LogP contribution in [0.1, 0.15) is 29.7 Å². The van der Waals surface area contributed by atoms with Crippen molar-refractivity contribution in [1.82, 2.24) is 5.32 Å². The summed E-state index contributed by atoms with van der Waals surface area (Å²) in [6.07, 6.45) is 6.47. The second-order valence-electron chi connectivity index (χ2n) is 5.91. The van der Waals surface area contributed by atoms with Gasteiger partial charge in [0.05, 0.1) is 12.0 Å². The molecule has 4 nitrogen and oxygen atoms in total. The summed E-state index contributed by atoms with van der Waals surface area (Å²) in [5.74, 6) is 3.35. The fourth-order valence-electron chi connectivity index (χ4n) is 2.83. The first-order chi connectivity index (χ1) is 11.8. The summed E-state index contributed by atoms with van der Waals surface area (Å²) in [5, 5.41) is 2.88. The van der Waals surface area contributed by atoms with E-state index in [1.165, 1.54) is 24.0 Å². The van der Waals surface area contributed by atoms with Gasteiger partial charge in [0.2, 0.25) is 0 Å². The van der Waals surface area contributed by atoms with E-state index in [1.807, 2.05) is 18.2 Å². The monoisotopic (exact) mass is 345 g/mol. The van der Waals surface area contributed by atoms with E-state index in [-0.39, 0.29) is 12.5 Å². The number of carbonyl (C=O) groups is 1. The number of aryl methyl sites for hydroxylation is 2. The summed E-state index contributed by atoms with van der Waals surface area (Å²) in [7, 11) is 0. The molecule has 0 radical (unpaired) electrons. The van der Waals surface area contributed by atoms with E-state index in [4.69, 9.17) is 9.15 Å². The summed E-state index contributed by atoms with van der Waals surface area (Å²) in [6, 6.07) is 10.0. The van der Waals surface area contributed by atoms with Gasteiger partial charge in [0.25, 0.3) is 5.91 Å². The molecule has 0 aliphatic heterocycles. The van der Waals surface area contributed by atoms with Crippen molar-refractivity contribution in [3.63, 3.8) is 0 Å². The molecule has 0 saturated carbocycles. The van der Waals surface area contributed by atoms with Crippen LogP contribution in [-0.4, -0.2) is 24.8 Å². The molecular weight excluding hydrogens is 322 g/mol. The van der Waals surface area contributed by atoms with Gasteiger partial charge in [-0.15, -0.1) is 0 Å². The van der Waals surface area contributed by atoms with Gasteiger partial charge < -0.3 is 14.5 Å². The van der Waals surface area contributed by atoms with Crippen molar-refractivity contribution < 1.29 is 13.9 Å². The predicted molar refractivity (Wildman–Crippen MR) is 96.5 cm³/mol. The Morgan fingerprint density at radius 2 is 2.08 bits per heavy atom. The van der Waals surface area contributed by atoms with Crippen LogP contribution < -0.4 is 10.1 Å². The zero-order valence-corrected chi connectivity index (χ0v) is 14.6. The lowest BCUT2D eigenvalue weighted by Crippen LogP contribution is -2.30. The highest BCUT2D eigenvalue weighted by Gasteiger charge is 2.10. The molecule has 0 atom stereocenters. The first-order valence-electron chi connectivity index (χ1n) is 8.43. The normalized spacial score (nSPS) is 13.3. The number of benzene rings is 1. The van der Waals surface area contributed by atoms with Gasteiger partial charge in [0, 0.05) is 12.3 Å². The average molecular weight is 345 g/mol. The van der Waals surface area contributed by atoms with Gasteiger partial charge in [0.1, 0.15) is 11.5 Å². The number of fused-ring (bicyclic) bond motifs is 1. The maximum atomic E-state index is 11.8. The zero-order valence-electron chi connectivity index (χ0n) is 13.8. The smallest absolute Gasteiger partial charge is 0.257 e. The van der Waals surface area contributed by atoms with Crippen LogP contribution in [0.4, 0.5) is 0 Å². The topological polar surface area (TPSA) is 51.5 Å². The number of amides is 1. The molecule has 2 aromatic rings. The van der Waals surface area contributed by atoms with Crippen molar-refractivity contribution in [2.24, 2.45) is 0 Å². The quantitative estimate of drug-likeness (QED) is 0.743. The average Bonchev–Trinajstić information content (AvgIpc) is 3.13. The maximum Gasteiger partial charge on any atom is 0.257 e. The number of hydrogen-bond donors (Lipinski definition) is 1. The molecule has 1 aliphatic rings. The standard InChI is InChI=1S/C19H23NO3S/c21-19(20-9-11-24-14-18-6-3-10-22-18)13-23-17-8-7-15-4-1-2-5-16(15)12-17/h3,6-8,10,12H,1-2,4-5,9,11,13-14H2,(H,20,21). The molecule has 1 aromatic heterocycles. The van der Waals surface area contributed by atoms with Crippen molar-refractivity contribution in [1.29, 1.82) is 0 Å². The number of furan rings is 1. The Morgan fingerprint density at radius 1 is 1.21 bits per heavy atom. The number of ether oxygens (including phenoxy) is 1. The van der Waals surface area contributed by atoms with Gasteiger partial charge in [-0.3, -0.25) is 4.79 Å². The molecular formula is C19H23NO3S. The zero-order chi connectivity index (χ0) is 16.6. The fraction of sp³-hybridized carbons (Fsp3) is 0.421. The maximum absolute atomic E-state index is 11.8. The lowest BCUT2D eigenvalue weighted by molar-refractivity contribution is -0.122. The van der Waals surface area contributed by atoms with Crippen LogP contribution in [0.2, 0.25) is 0 Å². The van der Waals surface area contributed by atoms with Gasteiger partial charge in [-0.1, -0.05) is 6.07 Å². The van der Waals surface area contributed by atoms with Gasteiger partial charge in [-0.25, -0.2) is 0 Å². The summed E-state index contributed by atoms with van der Waals surface area (Å²) < 4.78 is 10.9. The third kappa shape index (κ3) is 5.06. The summed E-state index contributed by atoms with van der Waals surface area (Å²) >= 11 is 1.73. The number of nitrogens with one attached hydrogen (secondary N) is 1. The minimum Gasteiger partial charge on any atom is -0.484 e. The highest BCUT2D eigenvalue weighted by Crippen LogP contribution is 2.25. The summed E-state index contributed by atoms with van der Waals surface area (Å²) in [4.78, 5) is 11.8. The van der Waals surface area contributed by atoms with Crippen LogP contribution in [0.15, 0.2) is 41.0 Å². The molecule has 0 unspecified atom stereocenters. The molecule has 5 heteroatoms. The van der Waals surface area contributed by atoms with Crippen molar-refractivity contribution >= 4 is 17.7 Å². The Balaban J connectivity index is 1.32. The van der Waals surface area contributed by atoms with Crippen LogP contribution in [0, 0.1) is 0 Å². The molecule has 1 heterocycles. The fourth-order valence-corrected chi connectivity index (χ4v) is 3.59. The molecule has 1 aromatic carbocycles. The van der Waals surface area contributed by atoms with E-state index in [0.29, 0.717) is 6.54 Å². The van der Waals surface area contributed by atoms with Crippen molar-refractivity contribution in [3.8, 4) is 5.75 Å². The van der Waals surface area contributed by atoms with Crippen molar-refractivity contribution in [2.45, 2.75) is 31.4 Å². The molecule has 24 heavy (non-hydrogen) atoms. The lowest BCUT2D eigenvalue weighted by Gasteiger charge is -2.16. The molecule has 0 spiro atoms. The molecule has 128 valence electrons. The highest BCUT2D eigenvalue weighted by atomic mass is 32.2. The second-order valence-corrected chi connectivity index (χ2v) is 7.01. The van der Waals surface area contributed by atoms with E-state index >= 15 is 0 Å². The van der Waals surface area contributed by atoms with Gasteiger partial charge in [-0.05, 0) is 61.1 Å². The first kappa shape index (κ1) is 17.0. The van der Waals surface area contributed by atoms with E-state index in [1.54, 1.807) is 18.0 Å². The second kappa shape index (κ2) is 8.83. The van der Waals surface area contributed by atoms with Crippen LogP contribution in [0.5, 0.6) is 5.75 Å². The summed E-state index contributed by atoms with van der Waals surface area (Å²) in [5.41, 5.74) is 2.79. The predicted octanol–water partition coefficient (Wildman–Crippen LogP) is 3.59. The van der Waals surface area contributed by atoms with Crippen LogP contribution in [0.3, 0.4) is 0 Å². The highest BCUT2D eigenvalue weighted by molar-refractivity contribution is 7.98. The van der Waals surface area contributed by atoms with Crippen LogP contribution in [0.25, 0.3) is 0 Å². The Morgan fingerprint density at radius 3 is 2.92 bits per heavy atom. The number of thioether (sulfide) groups is 1. The molecule has 0 fully saturated rings. The van der Waals surface area contributed by atoms with Crippen LogP contribution >= 0.6 is 11.8 Å².